The van der Waals surface area contributed by atoms with Crippen LogP contribution in [0.15, 0.2) is 24.3 Å². The van der Waals surface area contributed by atoms with Crippen LogP contribution in [-0.4, -0.2) is 25.0 Å². The Bertz CT molecular complexity index is 468. The van der Waals surface area contributed by atoms with Crippen LogP contribution in [-0.2, 0) is 20.7 Å². The molecule has 1 saturated carbocycles. The van der Waals surface area contributed by atoms with E-state index >= 15 is 0 Å². The van der Waals surface area contributed by atoms with Gasteiger partial charge in [0.05, 0.1) is 7.11 Å². The summed E-state index contributed by atoms with van der Waals surface area (Å²) in [5.74, 6) is -0.906. The topological polar surface area (TPSA) is 55.4 Å². The average Bonchev–Trinajstić information content (AvgIpc) is 3.24. The molecule has 0 radical (unpaired) electrons. The number of carbonyl (C=O) groups is 2. The van der Waals surface area contributed by atoms with Gasteiger partial charge in [-0.05, 0) is 30.5 Å². The lowest BCUT2D eigenvalue weighted by Gasteiger charge is -2.16. The highest BCUT2D eigenvalue weighted by Crippen LogP contribution is 2.29. The number of carbonyl (C=O) groups excluding carboxylic acids is 2. The van der Waals surface area contributed by atoms with E-state index < -0.39 is 12.0 Å². The number of ether oxygens (including phenoxy) is 1. The van der Waals surface area contributed by atoms with Gasteiger partial charge in [-0.3, -0.25) is 4.79 Å². The molecule has 0 aromatic heterocycles. The Hall–Kier alpha value is -1.91. The van der Waals surface area contributed by atoms with E-state index in [0.29, 0.717) is 6.42 Å². The van der Waals surface area contributed by atoms with Crippen LogP contribution < -0.4 is 5.32 Å². The molecule has 0 saturated heterocycles. The predicted molar refractivity (Wildman–Crippen MR) is 66.8 cm³/mol. The fraction of sp³-hybridized carbons (Fsp3) is 0.429. The molecule has 1 fully saturated rings. The van der Waals surface area contributed by atoms with Crippen molar-refractivity contribution >= 4 is 11.9 Å². The van der Waals surface area contributed by atoms with Crippen molar-refractivity contribution in [3.05, 3.63) is 35.6 Å². The number of benzene rings is 1. The maximum atomic E-state index is 12.8. The Labute approximate surface area is 110 Å². The van der Waals surface area contributed by atoms with E-state index in [0.717, 1.165) is 18.4 Å². The number of hydrogen-bond acceptors (Lipinski definition) is 3. The fourth-order valence-corrected chi connectivity index (χ4v) is 1.83. The first-order valence-corrected chi connectivity index (χ1v) is 6.23. The molecule has 4 nitrogen and oxygen atoms in total. The molecule has 0 aliphatic heterocycles. The number of methoxy groups -OCH3 is 1. The first-order chi connectivity index (χ1) is 9.10. The van der Waals surface area contributed by atoms with Gasteiger partial charge in [0.25, 0.3) is 0 Å². The molecule has 0 spiro atoms. The van der Waals surface area contributed by atoms with Gasteiger partial charge in [-0.1, -0.05) is 12.1 Å². The van der Waals surface area contributed by atoms with Crippen LogP contribution in [0.3, 0.4) is 0 Å². The molecule has 1 N–H and O–H groups in total. The van der Waals surface area contributed by atoms with Crippen LogP contribution in [0.25, 0.3) is 0 Å². The Morgan fingerprint density at radius 2 is 2.00 bits per heavy atom. The number of rotatable bonds is 5. The number of esters is 1. The molecule has 1 aromatic rings. The van der Waals surface area contributed by atoms with E-state index in [9.17, 15) is 14.0 Å². The van der Waals surface area contributed by atoms with Crippen molar-refractivity contribution in [3.8, 4) is 0 Å². The largest absolute Gasteiger partial charge is 0.467 e. The molecule has 102 valence electrons. The van der Waals surface area contributed by atoms with Gasteiger partial charge in [-0.25, -0.2) is 9.18 Å². The van der Waals surface area contributed by atoms with Crippen molar-refractivity contribution in [2.45, 2.75) is 25.3 Å². The van der Waals surface area contributed by atoms with Crippen molar-refractivity contribution in [1.29, 1.82) is 0 Å². The minimum Gasteiger partial charge on any atom is -0.467 e. The Morgan fingerprint density at radius 1 is 1.37 bits per heavy atom. The van der Waals surface area contributed by atoms with E-state index in [2.05, 4.69) is 10.1 Å². The van der Waals surface area contributed by atoms with Gasteiger partial charge >= 0.3 is 5.97 Å². The van der Waals surface area contributed by atoms with Crippen LogP contribution >= 0.6 is 0 Å². The second-order valence-corrected chi connectivity index (χ2v) is 4.69. The highest BCUT2D eigenvalue weighted by molar-refractivity contribution is 5.87. The van der Waals surface area contributed by atoms with E-state index in [1.165, 1.54) is 19.2 Å². The molecular weight excluding hydrogens is 249 g/mol. The average molecular weight is 265 g/mol. The smallest absolute Gasteiger partial charge is 0.328 e. The maximum absolute atomic E-state index is 12.8. The molecule has 0 unspecified atom stereocenters. The monoisotopic (exact) mass is 265 g/mol. The maximum Gasteiger partial charge on any atom is 0.328 e. The predicted octanol–water partition coefficient (Wildman–Crippen LogP) is 1.44. The zero-order valence-corrected chi connectivity index (χ0v) is 10.7. The lowest BCUT2D eigenvalue weighted by atomic mass is 10.1. The van der Waals surface area contributed by atoms with Crippen LogP contribution in [0.1, 0.15) is 18.4 Å². The van der Waals surface area contributed by atoms with E-state index in [-0.39, 0.29) is 17.6 Å². The molecule has 2 rings (SSSR count). The van der Waals surface area contributed by atoms with Gasteiger partial charge in [0.1, 0.15) is 11.9 Å². The zero-order valence-electron chi connectivity index (χ0n) is 10.7. The summed E-state index contributed by atoms with van der Waals surface area (Å²) < 4.78 is 17.5. The van der Waals surface area contributed by atoms with E-state index in [1.807, 2.05) is 0 Å². The lowest BCUT2D eigenvalue weighted by molar-refractivity contribution is -0.145. The van der Waals surface area contributed by atoms with Gasteiger partial charge in [-0.15, -0.1) is 0 Å². The number of halogens is 1. The van der Waals surface area contributed by atoms with Gasteiger partial charge in [0, 0.05) is 12.3 Å². The summed E-state index contributed by atoms with van der Waals surface area (Å²) in [6.45, 7) is 0. The molecule has 1 amide bonds. The molecular formula is C14H16FNO3. The van der Waals surface area contributed by atoms with Crippen LogP contribution in [0.4, 0.5) is 4.39 Å². The second-order valence-electron chi connectivity index (χ2n) is 4.69. The highest BCUT2D eigenvalue weighted by Gasteiger charge is 2.32. The summed E-state index contributed by atoms with van der Waals surface area (Å²) in [5.41, 5.74) is 0.771. The lowest BCUT2D eigenvalue weighted by Crippen LogP contribution is -2.43. The van der Waals surface area contributed by atoms with Gasteiger partial charge in [0.15, 0.2) is 0 Å². The van der Waals surface area contributed by atoms with Gasteiger partial charge in [0.2, 0.25) is 5.91 Å². The van der Waals surface area contributed by atoms with Crippen LogP contribution in [0.5, 0.6) is 0 Å². The third kappa shape index (κ3) is 3.77. The summed E-state index contributed by atoms with van der Waals surface area (Å²) in [5, 5.41) is 2.69. The quantitative estimate of drug-likeness (QED) is 0.819. The molecule has 1 atom stereocenters. The van der Waals surface area contributed by atoms with Gasteiger partial charge < -0.3 is 10.1 Å². The van der Waals surface area contributed by atoms with E-state index in [4.69, 9.17) is 0 Å². The Kier molecular flexibility index (Phi) is 4.14. The minimum absolute atomic E-state index is 0.0281. The van der Waals surface area contributed by atoms with E-state index in [1.54, 1.807) is 12.1 Å². The minimum atomic E-state index is -0.719. The summed E-state index contributed by atoms with van der Waals surface area (Å²) in [7, 11) is 1.28. The summed E-state index contributed by atoms with van der Waals surface area (Å²) in [6, 6.07) is 5.12. The Morgan fingerprint density at radius 3 is 2.53 bits per heavy atom. The summed E-state index contributed by atoms with van der Waals surface area (Å²) in [6.07, 6.45) is 2.04. The molecule has 0 heterocycles. The fourth-order valence-electron chi connectivity index (χ4n) is 1.83. The molecule has 19 heavy (non-hydrogen) atoms. The Balaban J connectivity index is 2.02. The molecule has 1 aliphatic carbocycles. The third-order valence-electron chi connectivity index (χ3n) is 3.10. The normalized spacial score (nSPS) is 15.7. The van der Waals surface area contributed by atoms with Crippen LogP contribution in [0.2, 0.25) is 0 Å². The van der Waals surface area contributed by atoms with Crippen molar-refractivity contribution in [2.24, 2.45) is 5.92 Å². The second kappa shape index (κ2) is 5.82. The number of hydrogen-bond donors (Lipinski definition) is 1. The third-order valence-corrected chi connectivity index (χ3v) is 3.10. The van der Waals surface area contributed by atoms with Gasteiger partial charge in [-0.2, -0.15) is 0 Å². The molecule has 1 aliphatic rings. The first kappa shape index (κ1) is 13.5. The standard InChI is InChI=1S/C14H16FNO3/c1-19-14(18)12(16-13(17)10-4-5-10)8-9-2-6-11(15)7-3-9/h2-3,6-7,10,12H,4-5,8H2,1H3,(H,16,17)/t12-/m0/s1. The van der Waals surface area contributed by atoms with Crippen molar-refractivity contribution in [2.75, 3.05) is 7.11 Å². The van der Waals surface area contributed by atoms with Crippen molar-refractivity contribution in [1.82, 2.24) is 5.32 Å². The van der Waals surface area contributed by atoms with Crippen LogP contribution in [0, 0.1) is 11.7 Å². The number of nitrogens with one attached hydrogen (secondary N) is 1. The molecule has 0 bridgehead atoms. The summed E-state index contributed by atoms with van der Waals surface area (Å²) >= 11 is 0. The molecule has 5 heteroatoms. The molecule has 1 aromatic carbocycles. The number of amides is 1. The first-order valence-electron chi connectivity index (χ1n) is 6.23. The van der Waals surface area contributed by atoms with Crippen molar-refractivity contribution < 1.29 is 18.7 Å². The zero-order chi connectivity index (χ0) is 13.8. The highest BCUT2D eigenvalue weighted by atomic mass is 19.1. The van der Waals surface area contributed by atoms with Crippen molar-refractivity contribution in [3.63, 3.8) is 0 Å². The summed E-state index contributed by atoms with van der Waals surface area (Å²) in [4.78, 5) is 23.4. The SMILES string of the molecule is COC(=O)[C@H](Cc1ccc(F)cc1)NC(=O)C1CC1.